The van der Waals surface area contributed by atoms with Crippen molar-refractivity contribution in [3.63, 3.8) is 0 Å². The second kappa shape index (κ2) is 6.55. The second-order valence-electron chi connectivity index (χ2n) is 4.17. The van der Waals surface area contributed by atoms with Gasteiger partial charge in [-0.15, -0.1) is 0 Å². The standard InChI is InChI=1S/C15H17ClN2O/c1-3-17-10-12-4-5-13(16)9-14(12)11-6-7-18-15(8-11)19-2/h4-9,17H,3,10H2,1-2H3. The summed E-state index contributed by atoms with van der Waals surface area (Å²) in [7, 11) is 1.61. The molecule has 0 fully saturated rings. The highest BCUT2D eigenvalue weighted by Gasteiger charge is 2.07. The molecule has 0 saturated carbocycles. The van der Waals surface area contributed by atoms with Crippen LogP contribution < -0.4 is 10.1 Å². The quantitative estimate of drug-likeness (QED) is 0.907. The van der Waals surface area contributed by atoms with Crippen molar-refractivity contribution < 1.29 is 4.74 Å². The Bertz CT molecular complexity index is 558. The molecule has 2 rings (SSSR count). The molecule has 0 radical (unpaired) electrons. The number of hydrogen-bond donors (Lipinski definition) is 1. The molecule has 1 aromatic carbocycles. The molecule has 100 valence electrons. The van der Waals surface area contributed by atoms with Gasteiger partial charge in [0.2, 0.25) is 5.88 Å². The van der Waals surface area contributed by atoms with Crippen LogP contribution in [0.2, 0.25) is 5.02 Å². The van der Waals surface area contributed by atoms with Gasteiger partial charge in [-0.05, 0) is 41.4 Å². The maximum atomic E-state index is 6.11. The molecule has 1 N–H and O–H groups in total. The van der Waals surface area contributed by atoms with Gasteiger partial charge in [-0.2, -0.15) is 0 Å². The number of nitrogens with zero attached hydrogens (tertiary/aromatic N) is 1. The number of rotatable bonds is 5. The van der Waals surface area contributed by atoms with Crippen molar-refractivity contribution in [2.24, 2.45) is 0 Å². The van der Waals surface area contributed by atoms with E-state index in [1.807, 2.05) is 30.3 Å². The smallest absolute Gasteiger partial charge is 0.213 e. The molecule has 1 aromatic heterocycles. The molecule has 3 nitrogen and oxygen atoms in total. The maximum absolute atomic E-state index is 6.11. The lowest BCUT2D eigenvalue weighted by Gasteiger charge is -2.11. The summed E-state index contributed by atoms with van der Waals surface area (Å²) < 4.78 is 5.17. The van der Waals surface area contributed by atoms with E-state index < -0.39 is 0 Å². The first-order chi connectivity index (χ1) is 9.24. The number of aromatic nitrogens is 1. The topological polar surface area (TPSA) is 34.2 Å². The highest BCUT2D eigenvalue weighted by molar-refractivity contribution is 6.30. The summed E-state index contributed by atoms with van der Waals surface area (Å²) in [5.74, 6) is 0.604. The lowest BCUT2D eigenvalue weighted by Crippen LogP contribution is -2.12. The molecule has 0 saturated heterocycles. The summed E-state index contributed by atoms with van der Waals surface area (Å²) in [4.78, 5) is 4.13. The Balaban J connectivity index is 2.43. The zero-order valence-electron chi connectivity index (χ0n) is 11.1. The van der Waals surface area contributed by atoms with E-state index in [1.165, 1.54) is 5.56 Å². The average molecular weight is 277 g/mol. The number of methoxy groups -OCH3 is 1. The van der Waals surface area contributed by atoms with Crippen LogP contribution in [0.1, 0.15) is 12.5 Å². The molecule has 0 aliphatic carbocycles. The second-order valence-corrected chi connectivity index (χ2v) is 4.61. The zero-order valence-corrected chi connectivity index (χ0v) is 11.9. The zero-order chi connectivity index (χ0) is 13.7. The third kappa shape index (κ3) is 3.46. The Morgan fingerprint density at radius 3 is 2.84 bits per heavy atom. The van der Waals surface area contributed by atoms with Crippen LogP contribution in [0.15, 0.2) is 36.5 Å². The Hall–Kier alpha value is -1.58. The number of halogens is 1. The lowest BCUT2D eigenvalue weighted by atomic mass is 10.0. The molecule has 19 heavy (non-hydrogen) atoms. The molecular formula is C15H17ClN2O. The molecule has 0 aliphatic heterocycles. The van der Waals surface area contributed by atoms with E-state index in [4.69, 9.17) is 16.3 Å². The summed E-state index contributed by atoms with van der Waals surface area (Å²) in [6.07, 6.45) is 1.74. The Kier molecular flexibility index (Phi) is 4.77. The third-order valence-electron chi connectivity index (χ3n) is 2.89. The van der Waals surface area contributed by atoms with E-state index in [9.17, 15) is 0 Å². The number of hydrogen-bond acceptors (Lipinski definition) is 3. The summed E-state index contributed by atoms with van der Waals surface area (Å²) in [6, 6.07) is 9.82. The highest BCUT2D eigenvalue weighted by atomic mass is 35.5. The van der Waals surface area contributed by atoms with Crippen LogP contribution in [-0.4, -0.2) is 18.6 Å². The van der Waals surface area contributed by atoms with Crippen LogP contribution >= 0.6 is 11.6 Å². The average Bonchev–Trinajstić information content (AvgIpc) is 2.46. The number of ether oxygens (including phenoxy) is 1. The predicted octanol–water partition coefficient (Wildman–Crippen LogP) is 3.52. The Morgan fingerprint density at radius 1 is 1.26 bits per heavy atom. The number of pyridine rings is 1. The van der Waals surface area contributed by atoms with Crippen LogP contribution in [0.3, 0.4) is 0 Å². The molecule has 0 bridgehead atoms. The minimum absolute atomic E-state index is 0.604. The van der Waals surface area contributed by atoms with Crippen molar-refractivity contribution >= 4 is 11.6 Å². The van der Waals surface area contributed by atoms with E-state index in [2.05, 4.69) is 17.2 Å². The molecule has 0 aliphatic rings. The summed E-state index contributed by atoms with van der Waals surface area (Å²) >= 11 is 6.11. The molecule has 1 heterocycles. The van der Waals surface area contributed by atoms with E-state index in [1.54, 1.807) is 13.3 Å². The van der Waals surface area contributed by atoms with Gasteiger partial charge in [0.1, 0.15) is 0 Å². The number of nitrogens with one attached hydrogen (secondary N) is 1. The monoisotopic (exact) mass is 276 g/mol. The first kappa shape index (κ1) is 13.8. The van der Waals surface area contributed by atoms with Crippen molar-refractivity contribution in [3.8, 4) is 17.0 Å². The van der Waals surface area contributed by atoms with E-state index in [0.717, 1.165) is 29.2 Å². The predicted molar refractivity (Wildman–Crippen MR) is 78.6 cm³/mol. The molecule has 0 unspecified atom stereocenters. The van der Waals surface area contributed by atoms with Crippen molar-refractivity contribution in [2.45, 2.75) is 13.5 Å². The minimum Gasteiger partial charge on any atom is -0.481 e. The van der Waals surface area contributed by atoms with E-state index in [-0.39, 0.29) is 0 Å². The number of benzene rings is 1. The van der Waals surface area contributed by atoms with Gasteiger partial charge < -0.3 is 10.1 Å². The van der Waals surface area contributed by atoms with Crippen LogP contribution in [0.4, 0.5) is 0 Å². The van der Waals surface area contributed by atoms with Crippen LogP contribution in [-0.2, 0) is 6.54 Å². The first-order valence-electron chi connectivity index (χ1n) is 6.24. The summed E-state index contributed by atoms with van der Waals surface area (Å²) in [5, 5.41) is 4.06. The lowest BCUT2D eigenvalue weighted by molar-refractivity contribution is 0.398. The molecule has 0 atom stereocenters. The van der Waals surface area contributed by atoms with Gasteiger partial charge in [0.15, 0.2) is 0 Å². The van der Waals surface area contributed by atoms with Gasteiger partial charge in [0.25, 0.3) is 0 Å². The van der Waals surface area contributed by atoms with Gasteiger partial charge in [-0.3, -0.25) is 0 Å². The molecule has 4 heteroatoms. The largest absolute Gasteiger partial charge is 0.481 e. The van der Waals surface area contributed by atoms with Crippen molar-refractivity contribution in [2.75, 3.05) is 13.7 Å². The fourth-order valence-corrected chi connectivity index (χ4v) is 2.09. The first-order valence-corrected chi connectivity index (χ1v) is 6.62. The fraction of sp³-hybridized carbons (Fsp3) is 0.267. The molecule has 0 spiro atoms. The van der Waals surface area contributed by atoms with Crippen molar-refractivity contribution in [1.82, 2.24) is 10.3 Å². The maximum Gasteiger partial charge on any atom is 0.213 e. The van der Waals surface area contributed by atoms with Gasteiger partial charge in [0.05, 0.1) is 7.11 Å². The normalized spacial score (nSPS) is 10.5. The molecule has 2 aromatic rings. The van der Waals surface area contributed by atoms with Gasteiger partial charge in [-0.1, -0.05) is 24.6 Å². The minimum atomic E-state index is 0.604. The molecule has 0 amide bonds. The fourth-order valence-electron chi connectivity index (χ4n) is 1.92. The van der Waals surface area contributed by atoms with Gasteiger partial charge in [0, 0.05) is 23.8 Å². The SMILES string of the molecule is CCNCc1ccc(Cl)cc1-c1ccnc(OC)c1. The third-order valence-corrected chi connectivity index (χ3v) is 3.13. The molecular weight excluding hydrogens is 260 g/mol. The van der Waals surface area contributed by atoms with Crippen LogP contribution in [0, 0.1) is 0 Å². The van der Waals surface area contributed by atoms with Gasteiger partial charge in [-0.25, -0.2) is 4.98 Å². The van der Waals surface area contributed by atoms with Crippen molar-refractivity contribution in [1.29, 1.82) is 0 Å². The van der Waals surface area contributed by atoms with E-state index >= 15 is 0 Å². The van der Waals surface area contributed by atoms with Gasteiger partial charge >= 0.3 is 0 Å². The summed E-state index contributed by atoms with van der Waals surface area (Å²) in [5.41, 5.74) is 3.37. The Morgan fingerprint density at radius 2 is 2.11 bits per heavy atom. The highest BCUT2D eigenvalue weighted by Crippen LogP contribution is 2.28. The van der Waals surface area contributed by atoms with E-state index in [0.29, 0.717) is 5.88 Å². The van der Waals surface area contributed by atoms with Crippen molar-refractivity contribution in [3.05, 3.63) is 47.1 Å². The Labute approximate surface area is 118 Å². The summed E-state index contributed by atoms with van der Waals surface area (Å²) in [6.45, 7) is 3.83. The van der Waals surface area contributed by atoms with Crippen LogP contribution in [0.5, 0.6) is 5.88 Å². The van der Waals surface area contributed by atoms with Crippen LogP contribution in [0.25, 0.3) is 11.1 Å².